The molecule has 10 N–H and O–H groups in total. The fourth-order valence-corrected chi connectivity index (χ4v) is 12.2. The summed E-state index contributed by atoms with van der Waals surface area (Å²) in [5, 5.41) is 62.3. The quantitative estimate of drug-likeness (QED) is 0.0719. The Morgan fingerprint density at radius 3 is 1.65 bits per heavy atom. The summed E-state index contributed by atoms with van der Waals surface area (Å²) in [6.07, 6.45) is 6.12. The number of aryl methyl sites for hydroxylation is 2. The number of benzene rings is 7. The number of phenolic OH excluding ortho intramolecular Hbond substituents is 4. The van der Waals surface area contributed by atoms with Crippen molar-refractivity contribution in [3.63, 3.8) is 0 Å². The zero-order valence-corrected chi connectivity index (χ0v) is 56.4. The van der Waals surface area contributed by atoms with Crippen molar-refractivity contribution in [2.45, 2.75) is 13.8 Å². The van der Waals surface area contributed by atoms with Crippen molar-refractivity contribution in [2.24, 2.45) is 0 Å². The van der Waals surface area contributed by atoms with Crippen LogP contribution in [0.25, 0.3) is 76.3 Å². The molecule has 7 aromatic heterocycles. The Labute approximate surface area is 575 Å². The van der Waals surface area contributed by atoms with E-state index in [9.17, 15) is 49.2 Å². The van der Waals surface area contributed by atoms with E-state index in [0.717, 1.165) is 62.4 Å². The van der Waals surface area contributed by atoms with Crippen LogP contribution in [0.5, 0.6) is 23.0 Å². The second-order valence-electron chi connectivity index (χ2n) is 19.4. The third-order valence-corrected chi connectivity index (χ3v) is 16.6. The predicted molar refractivity (Wildman–Crippen MR) is 387 cm³/mol. The van der Waals surface area contributed by atoms with Crippen LogP contribution in [0.15, 0.2) is 208 Å². The molecule has 25 heteroatoms. The first-order valence-electron chi connectivity index (χ1n) is 26.8. The first-order chi connectivity index (χ1) is 43.9. The number of aromatic nitrogens is 7. The molecule has 0 saturated heterocycles. The van der Waals surface area contributed by atoms with Gasteiger partial charge >= 0.3 is 11.9 Å². The predicted octanol–water partition coefficient (Wildman–Crippen LogP) is 15.4. The highest BCUT2D eigenvalue weighted by atomic mass is 127. The highest BCUT2D eigenvalue weighted by Crippen LogP contribution is 2.34. The van der Waals surface area contributed by atoms with Crippen molar-refractivity contribution in [1.29, 1.82) is 0 Å². The van der Waals surface area contributed by atoms with Crippen LogP contribution in [-0.4, -0.2) is 77.5 Å². The number of nitrogens with one attached hydrogen (secondary N) is 4. The van der Waals surface area contributed by atoms with Crippen LogP contribution in [0.1, 0.15) is 32.1 Å². The number of rotatable bonds is 2. The van der Waals surface area contributed by atoms with Gasteiger partial charge in [0, 0.05) is 106 Å². The molecule has 0 bridgehead atoms. The van der Waals surface area contributed by atoms with Crippen LogP contribution in [0, 0.1) is 24.6 Å². The lowest BCUT2D eigenvalue weighted by molar-refractivity contribution is 0.0682. The van der Waals surface area contributed by atoms with E-state index in [1.54, 1.807) is 67.1 Å². The van der Waals surface area contributed by atoms with Gasteiger partial charge in [0.25, 0.3) is 0 Å². The second-order valence-corrected chi connectivity index (χ2v) is 24.2. The van der Waals surface area contributed by atoms with Gasteiger partial charge in [0.05, 0.1) is 28.2 Å². The minimum atomic E-state index is -1.24. The molecule has 7 heterocycles. The third kappa shape index (κ3) is 16.8. The van der Waals surface area contributed by atoms with E-state index < -0.39 is 22.8 Å². The van der Waals surface area contributed by atoms with Crippen LogP contribution >= 0.6 is 103 Å². The fourth-order valence-electron chi connectivity index (χ4n) is 8.87. The Morgan fingerprint density at radius 1 is 0.457 bits per heavy atom. The van der Waals surface area contributed by atoms with Gasteiger partial charge in [0.15, 0.2) is 22.4 Å². The van der Waals surface area contributed by atoms with Crippen molar-refractivity contribution < 1.29 is 40.2 Å². The molecule has 0 radical (unpaired) electrons. The molecule has 14 aromatic rings. The van der Waals surface area contributed by atoms with Gasteiger partial charge < -0.3 is 50.6 Å². The summed E-state index contributed by atoms with van der Waals surface area (Å²) in [6.45, 7) is 3.82. The van der Waals surface area contributed by atoms with Crippen molar-refractivity contribution in [3.05, 3.63) is 278 Å². The normalized spacial score (nSPS) is 10.5. The third-order valence-electron chi connectivity index (χ3n) is 13.2. The Morgan fingerprint density at radius 2 is 1.01 bits per heavy atom. The van der Waals surface area contributed by atoms with Crippen molar-refractivity contribution in [1.82, 2.24) is 34.9 Å². The summed E-state index contributed by atoms with van der Waals surface area (Å²) < 4.78 is 2.67. The summed E-state index contributed by atoms with van der Waals surface area (Å²) in [4.78, 5) is 90.2. The van der Waals surface area contributed by atoms with Gasteiger partial charge in [-0.05, 0) is 190 Å². The van der Waals surface area contributed by atoms with Crippen molar-refractivity contribution in [2.75, 3.05) is 0 Å². The number of halogens is 6. The van der Waals surface area contributed by atoms with Crippen molar-refractivity contribution >= 4 is 191 Å². The smallest absolute Gasteiger partial charge is 0.352 e. The molecule has 14 rings (SSSR count). The molecular formula is C67H47Cl3I3N7O12. The molecule has 0 atom stereocenters. The van der Waals surface area contributed by atoms with Crippen molar-refractivity contribution in [3.8, 4) is 23.0 Å². The van der Waals surface area contributed by atoms with Gasteiger partial charge in [0.2, 0.25) is 11.0 Å². The molecule has 92 heavy (non-hydrogen) atoms. The topological polar surface area (TPSA) is 326 Å². The number of pyridine rings is 7. The number of aromatic carboxylic acids is 2. The van der Waals surface area contributed by atoms with Gasteiger partial charge in [0.1, 0.15) is 39.3 Å². The minimum Gasteiger partial charge on any atom is -0.506 e. The van der Waals surface area contributed by atoms with E-state index >= 15 is 0 Å². The highest BCUT2D eigenvalue weighted by molar-refractivity contribution is 14.1. The van der Waals surface area contributed by atoms with Crippen LogP contribution in [0.2, 0.25) is 15.1 Å². The number of carbonyl (C=O) groups is 2. The Bertz CT molecular complexity index is 5250. The number of fused-ring (bicyclic) bond motifs is 7. The van der Waals surface area contributed by atoms with Crippen LogP contribution in [-0.2, 0) is 0 Å². The summed E-state index contributed by atoms with van der Waals surface area (Å²) in [7, 11) is 0. The molecule has 19 nitrogen and oxygen atoms in total. The second kappa shape index (κ2) is 31.2. The Hall–Kier alpha value is -9.19. The monoisotopic (exact) mass is 1630 g/mol. The number of para-hydroxylation sites is 3. The lowest BCUT2D eigenvalue weighted by Crippen LogP contribution is -2.15. The van der Waals surface area contributed by atoms with Crippen LogP contribution in [0.4, 0.5) is 0 Å². The van der Waals surface area contributed by atoms with E-state index in [1.807, 2.05) is 115 Å². The van der Waals surface area contributed by atoms with E-state index in [2.05, 4.69) is 80.1 Å². The molecular weight excluding hydrogens is 1580 g/mol. The molecule has 0 aliphatic carbocycles. The number of hydrogen-bond donors (Lipinski definition) is 10. The van der Waals surface area contributed by atoms with Gasteiger partial charge in [-0.25, -0.2) is 9.59 Å². The molecule has 0 spiro atoms. The van der Waals surface area contributed by atoms with Crippen LogP contribution < -0.4 is 21.8 Å². The number of H-pyrrole nitrogens is 4. The lowest BCUT2D eigenvalue weighted by Gasteiger charge is -2.03. The van der Waals surface area contributed by atoms with E-state index in [-0.39, 0.29) is 56.1 Å². The van der Waals surface area contributed by atoms with E-state index in [4.69, 9.17) is 45.0 Å². The lowest BCUT2D eigenvalue weighted by atomic mass is 10.1. The summed E-state index contributed by atoms with van der Waals surface area (Å²) in [5.74, 6) is -2.00. The average Bonchev–Trinajstić information content (AvgIpc) is 0.924. The first kappa shape index (κ1) is 68.7. The van der Waals surface area contributed by atoms with Gasteiger partial charge in [-0.3, -0.25) is 34.1 Å². The average molecular weight is 1630 g/mol. The largest absolute Gasteiger partial charge is 0.506 e. The molecule has 0 amide bonds. The Kier molecular flexibility index (Phi) is 23.3. The number of carboxylic acid groups (broad SMARTS) is 2. The molecule has 7 aromatic carbocycles. The maximum absolute atomic E-state index is 11.6. The number of hydrogen-bond acceptors (Lipinski definition) is 13. The number of nitrogens with zero attached hydrogens (tertiary/aromatic N) is 3. The number of aromatic amines is 4. The molecule has 0 aliphatic heterocycles. The SMILES string of the molecule is Cc1cc(=O)[nH]c2ccccc12.Cc1cc(=O)c2ccccc2[nH]1.O=C(O)c1c[nH]c2cc(Cl)ccc2c1=O.O=C(O)c1cc(=O)c2cccc(O)c2[nH]1.Oc1c(I)cc(Cl)c2cccnc12.Oc1c(I)cc(I)c2cccnc12.Oc1ccc(Cl)c2cccnc12. The van der Waals surface area contributed by atoms with Gasteiger partial charge in [-0.2, -0.15) is 0 Å². The highest BCUT2D eigenvalue weighted by Gasteiger charge is 2.14. The van der Waals surface area contributed by atoms with Gasteiger partial charge in [-0.15, -0.1) is 0 Å². The number of carboxylic acids is 2. The van der Waals surface area contributed by atoms with Crippen LogP contribution in [0.3, 0.4) is 0 Å². The molecule has 0 fully saturated rings. The number of aromatic hydroxyl groups is 4. The zero-order chi connectivity index (χ0) is 66.5. The summed E-state index contributed by atoms with van der Waals surface area (Å²) >= 11 is 24.0. The molecule has 0 unspecified atom stereocenters. The van der Waals surface area contributed by atoms with E-state index in [0.29, 0.717) is 46.1 Å². The summed E-state index contributed by atoms with van der Waals surface area (Å²) in [6, 6.07) is 46.5. The Balaban J connectivity index is 0.000000138. The molecule has 0 aliphatic rings. The standard InChI is InChI=1S/C10H6ClNO3.C10H7NO4.2C10H9NO.C9H5ClINO.C9H6ClNO.C9H5I2NO/c11-5-1-2-6-8(3-5)12-4-7(9(6)13)10(14)15;12-7-3-1-2-5-8(13)4-6(10(14)15)11-9(5)7;1-7-6-10(12)8-4-2-3-5-9(8)11-7;1-7-6-10(12)11-9-5-3-2-4-8(7)9;10-6-4-7(11)9(13)8-5(6)2-1-3-12-8;10-7-3-4-8(12)9-6(7)2-1-5-11-9;10-6-4-7(11)9(13)8-5(6)2-1-3-12-8/h1-4H,(H,12,13)(H,14,15);1-4,12H,(H,11,13)(H,14,15);2*2-6H,1H3,(H,11,12);1-4,13H;1-5,12H;1-4,13H. The maximum atomic E-state index is 11.6. The minimum absolute atomic E-state index is 0.0359. The summed E-state index contributed by atoms with van der Waals surface area (Å²) in [5.41, 5.74) is 4.78. The number of phenols is 4. The molecule has 0 saturated carbocycles. The zero-order valence-electron chi connectivity index (χ0n) is 47.6. The molecule has 464 valence electrons. The fraction of sp³-hybridized carbons (Fsp3) is 0.0299. The van der Waals surface area contributed by atoms with E-state index in [1.165, 1.54) is 36.5 Å². The first-order valence-corrected chi connectivity index (χ1v) is 31.1. The maximum Gasteiger partial charge on any atom is 0.352 e. The van der Waals surface area contributed by atoms with Gasteiger partial charge in [-0.1, -0.05) is 77.3 Å².